The number of rotatable bonds is 5. The molecule has 0 radical (unpaired) electrons. The second-order valence-electron chi connectivity index (χ2n) is 5.04. The summed E-state index contributed by atoms with van der Waals surface area (Å²) >= 11 is 4.33. The van der Waals surface area contributed by atoms with Crippen LogP contribution in [0.15, 0.2) is 50.2 Å². The van der Waals surface area contributed by atoms with Gasteiger partial charge in [-0.25, -0.2) is 0 Å². The van der Waals surface area contributed by atoms with E-state index in [1.165, 1.54) is 12.0 Å². The number of carbonyl (C=O) groups excluding carboxylic acids is 2. The molecule has 0 bridgehead atoms. The third kappa shape index (κ3) is 3.63. The number of hydrogen-bond acceptors (Lipinski definition) is 5. The fourth-order valence-electron chi connectivity index (χ4n) is 2.23. The summed E-state index contributed by atoms with van der Waals surface area (Å²) in [5.74, 6) is 0.908. The highest BCUT2D eigenvalue weighted by Crippen LogP contribution is 2.33. The lowest BCUT2D eigenvalue weighted by Crippen LogP contribution is -2.31. The zero-order chi connectivity index (χ0) is 17.1. The molecule has 3 rings (SSSR count). The van der Waals surface area contributed by atoms with Crippen LogP contribution in [0.5, 0.6) is 0 Å². The summed E-state index contributed by atoms with van der Waals surface area (Å²) in [7, 11) is 1.53. The first-order valence-corrected chi connectivity index (χ1v) is 8.79. The molecule has 0 saturated carbocycles. The van der Waals surface area contributed by atoms with E-state index in [0.29, 0.717) is 23.0 Å². The molecule has 0 N–H and O–H groups in total. The van der Waals surface area contributed by atoms with Crippen molar-refractivity contribution in [3.05, 3.63) is 51.5 Å². The van der Waals surface area contributed by atoms with Gasteiger partial charge in [0.15, 0.2) is 0 Å². The number of imide groups is 1. The van der Waals surface area contributed by atoms with Crippen LogP contribution >= 0.6 is 27.7 Å². The Hall–Kier alpha value is -1.83. The predicted octanol–water partition coefficient (Wildman–Crippen LogP) is 4.39. The van der Waals surface area contributed by atoms with Crippen LogP contribution < -0.4 is 0 Å². The molecule has 124 valence electrons. The zero-order valence-electron chi connectivity index (χ0n) is 12.8. The number of halogens is 1. The molecule has 24 heavy (non-hydrogen) atoms. The number of carbonyl (C=O) groups is 2. The van der Waals surface area contributed by atoms with Crippen LogP contribution in [0.4, 0.5) is 4.79 Å². The molecule has 1 aliphatic heterocycles. The van der Waals surface area contributed by atoms with Crippen molar-refractivity contribution in [3.63, 3.8) is 0 Å². The molecule has 0 atom stereocenters. The minimum absolute atomic E-state index is 0.250. The SMILES string of the molecule is COCCN1C(=O)S/C(=C/c2ccc(-c3cccc(Br)c3)o2)C1=O. The lowest BCUT2D eigenvalue weighted by Gasteiger charge is -2.10. The van der Waals surface area contributed by atoms with Crippen molar-refractivity contribution in [2.45, 2.75) is 0 Å². The van der Waals surface area contributed by atoms with Gasteiger partial charge in [-0.3, -0.25) is 14.5 Å². The zero-order valence-corrected chi connectivity index (χ0v) is 15.2. The monoisotopic (exact) mass is 407 g/mol. The van der Waals surface area contributed by atoms with Crippen LogP contribution in [0.3, 0.4) is 0 Å². The van der Waals surface area contributed by atoms with Crippen molar-refractivity contribution in [3.8, 4) is 11.3 Å². The molecule has 2 aromatic rings. The molecular formula is C17H14BrNO4S. The third-order valence-electron chi connectivity index (χ3n) is 3.40. The van der Waals surface area contributed by atoms with E-state index in [4.69, 9.17) is 9.15 Å². The van der Waals surface area contributed by atoms with Gasteiger partial charge in [0.05, 0.1) is 18.1 Å². The van der Waals surface area contributed by atoms with E-state index >= 15 is 0 Å². The predicted molar refractivity (Wildman–Crippen MR) is 96.4 cm³/mol. The number of amides is 2. The van der Waals surface area contributed by atoms with Crippen molar-refractivity contribution < 1.29 is 18.7 Å². The molecule has 0 unspecified atom stereocenters. The van der Waals surface area contributed by atoms with E-state index in [1.807, 2.05) is 30.3 Å². The number of furan rings is 1. The van der Waals surface area contributed by atoms with Crippen LogP contribution in [-0.2, 0) is 9.53 Å². The van der Waals surface area contributed by atoms with Crippen LogP contribution in [0.1, 0.15) is 5.76 Å². The molecule has 2 amide bonds. The Bertz CT molecular complexity index is 814. The molecule has 1 aliphatic rings. The highest BCUT2D eigenvalue weighted by Gasteiger charge is 2.34. The maximum atomic E-state index is 12.3. The quantitative estimate of drug-likeness (QED) is 0.687. The number of hydrogen-bond donors (Lipinski definition) is 0. The van der Waals surface area contributed by atoms with Gasteiger partial charge in [0.25, 0.3) is 11.1 Å². The van der Waals surface area contributed by atoms with Gasteiger partial charge >= 0.3 is 0 Å². The number of ether oxygens (including phenoxy) is 1. The maximum absolute atomic E-state index is 12.3. The van der Waals surface area contributed by atoms with Gasteiger partial charge in [-0.05, 0) is 36.0 Å². The van der Waals surface area contributed by atoms with E-state index in [0.717, 1.165) is 21.8 Å². The Kier molecular flexibility index (Phi) is 5.23. The first-order chi connectivity index (χ1) is 11.6. The average molecular weight is 408 g/mol. The van der Waals surface area contributed by atoms with Crippen LogP contribution in [0.2, 0.25) is 0 Å². The summed E-state index contributed by atoms with van der Waals surface area (Å²) < 4.78 is 11.6. The van der Waals surface area contributed by atoms with Gasteiger partial charge in [-0.2, -0.15) is 0 Å². The fraction of sp³-hybridized carbons (Fsp3) is 0.176. The minimum Gasteiger partial charge on any atom is -0.457 e. The number of thioether (sulfide) groups is 1. The molecule has 2 heterocycles. The Morgan fingerprint density at radius 3 is 2.88 bits per heavy atom. The Morgan fingerprint density at radius 2 is 2.12 bits per heavy atom. The summed E-state index contributed by atoms with van der Waals surface area (Å²) in [6.07, 6.45) is 1.60. The van der Waals surface area contributed by atoms with Crippen LogP contribution in [0.25, 0.3) is 17.4 Å². The van der Waals surface area contributed by atoms with E-state index in [1.54, 1.807) is 12.1 Å². The van der Waals surface area contributed by atoms with E-state index in [2.05, 4.69) is 15.9 Å². The summed E-state index contributed by atoms with van der Waals surface area (Å²) in [4.78, 5) is 25.7. The molecule has 1 saturated heterocycles. The molecule has 0 aliphatic carbocycles. The lowest BCUT2D eigenvalue weighted by molar-refractivity contribution is -0.123. The summed E-state index contributed by atoms with van der Waals surface area (Å²) in [5, 5.41) is -0.290. The maximum Gasteiger partial charge on any atom is 0.293 e. The summed E-state index contributed by atoms with van der Waals surface area (Å²) in [5.41, 5.74) is 0.928. The summed E-state index contributed by atoms with van der Waals surface area (Å²) in [6.45, 7) is 0.569. The Balaban J connectivity index is 1.80. The van der Waals surface area contributed by atoms with Crippen molar-refractivity contribution in [1.82, 2.24) is 4.90 Å². The smallest absolute Gasteiger partial charge is 0.293 e. The van der Waals surface area contributed by atoms with Crippen LogP contribution in [-0.4, -0.2) is 36.3 Å². The third-order valence-corrected chi connectivity index (χ3v) is 4.80. The number of methoxy groups -OCH3 is 1. The molecule has 7 heteroatoms. The highest BCUT2D eigenvalue weighted by molar-refractivity contribution is 9.10. The first-order valence-electron chi connectivity index (χ1n) is 7.18. The van der Waals surface area contributed by atoms with Crippen LogP contribution in [0, 0.1) is 0 Å². The standard InChI is InChI=1S/C17H14BrNO4S/c1-22-8-7-19-16(20)15(24-17(19)21)10-13-5-6-14(23-13)11-3-2-4-12(18)9-11/h2-6,9-10H,7-8H2,1H3/b15-10+. The van der Waals surface area contributed by atoms with Gasteiger partial charge in [-0.1, -0.05) is 28.1 Å². The van der Waals surface area contributed by atoms with Gasteiger partial charge < -0.3 is 9.15 Å². The van der Waals surface area contributed by atoms with E-state index < -0.39 is 0 Å². The normalized spacial score (nSPS) is 16.4. The highest BCUT2D eigenvalue weighted by atomic mass is 79.9. The van der Waals surface area contributed by atoms with Gasteiger partial charge in [-0.15, -0.1) is 0 Å². The van der Waals surface area contributed by atoms with Crippen molar-refractivity contribution in [2.75, 3.05) is 20.3 Å². The Labute approximate surface area is 151 Å². The molecule has 1 aromatic heterocycles. The largest absolute Gasteiger partial charge is 0.457 e. The Morgan fingerprint density at radius 1 is 1.29 bits per heavy atom. The molecule has 0 spiro atoms. The second kappa shape index (κ2) is 7.38. The van der Waals surface area contributed by atoms with Gasteiger partial charge in [0, 0.05) is 23.2 Å². The van der Waals surface area contributed by atoms with Crippen molar-refractivity contribution >= 4 is 44.9 Å². The molecule has 1 aromatic carbocycles. The molecular weight excluding hydrogens is 394 g/mol. The molecule has 5 nitrogen and oxygen atoms in total. The van der Waals surface area contributed by atoms with Crippen molar-refractivity contribution in [2.24, 2.45) is 0 Å². The van der Waals surface area contributed by atoms with E-state index in [-0.39, 0.29) is 17.7 Å². The average Bonchev–Trinajstić information content (AvgIpc) is 3.12. The number of benzene rings is 1. The van der Waals surface area contributed by atoms with E-state index in [9.17, 15) is 9.59 Å². The first kappa shape index (κ1) is 17.0. The van der Waals surface area contributed by atoms with Gasteiger partial charge in [0.1, 0.15) is 11.5 Å². The fourth-order valence-corrected chi connectivity index (χ4v) is 3.48. The van der Waals surface area contributed by atoms with Crippen molar-refractivity contribution in [1.29, 1.82) is 0 Å². The topological polar surface area (TPSA) is 59.8 Å². The summed E-state index contributed by atoms with van der Waals surface area (Å²) in [6, 6.07) is 11.3. The second-order valence-corrected chi connectivity index (χ2v) is 6.95. The number of nitrogens with zero attached hydrogens (tertiary/aromatic N) is 1. The van der Waals surface area contributed by atoms with Gasteiger partial charge in [0.2, 0.25) is 0 Å². The minimum atomic E-state index is -0.317. The molecule has 1 fully saturated rings. The lowest BCUT2D eigenvalue weighted by atomic mass is 10.2.